The first-order valence-corrected chi connectivity index (χ1v) is 11.8. The van der Waals surface area contributed by atoms with Gasteiger partial charge in [-0.05, 0) is 30.3 Å². The lowest BCUT2D eigenvalue weighted by Crippen LogP contribution is -2.01. The number of thiazole rings is 1. The summed E-state index contributed by atoms with van der Waals surface area (Å²) in [5.74, 6) is 3.73. The van der Waals surface area contributed by atoms with E-state index in [-0.39, 0.29) is 6.79 Å². The number of benzene rings is 2. The summed E-state index contributed by atoms with van der Waals surface area (Å²) in [6, 6.07) is 13.7. The summed E-state index contributed by atoms with van der Waals surface area (Å²) in [4.78, 5) is 4.79. The van der Waals surface area contributed by atoms with Gasteiger partial charge < -0.3 is 14.2 Å². The molecule has 0 aliphatic carbocycles. The van der Waals surface area contributed by atoms with Crippen molar-refractivity contribution in [1.29, 1.82) is 0 Å². The van der Waals surface area contributed by atoms with Gasteiger partial charge in [-0.2, -0.15) is 0 Å². The van der Waals surface area contributed by atoms with Crippen molar-refractivity contribution in [3.8, 4) is 39.2 Å². The van der Waals surface area contributed by atoms with Gasteiger partial charge in [-0.25, -0.2) is 4.98 Å². The molecule has 0 radical (unpaired) electrons. The normalized spacial score (nSPS) is 12.2. The van der Waals surface area contributed by atoms with Crippen LogP contribution in [0.3, 0.4) is 0 Å². The van der Waals surface area contributed by atoms with Crippen molar-refractivity contribution in [2.75, 3.05) is 13.9 Å². The maximum Gasteiger partial charge on any atom is 0.231 e. The van der Waals surface area contributed by atoms with Gasteiger partial charge >= 0.3 is 0 Å². The molecular formula is C23H20N4O3S2. The summed E-state index contributed by atoms with van der Waals surface area (Å²) in [6.07, 6.45) is 1.84. The molecule has 32 heavy (non-hydrogen) atoms. The lowest BCUT2D eigenvalue weighted by atomic mass is 10.2. The van der Waals surface area contributed by atoms with Gasteiger partial charge in [0.2, 0.25) is 6.79 Å². The minimum Gasteiger partial charge on any atom is -0.496 e. The highest BCUT2D eigenvalue weighted by Crippen LogP contribution is 2.37. The van der Waals surface area contributed by atoms with Crippen LogP contribution in [0.25, 0.3) is 22.0 Å². The second-order valence-electron chi connectivity index (χ2n) is 6.91. The Kier molecular flexibility index (Phi) is 5.83. The lowest BCUT2D eigenvalue weighted by molar-refractivity contribution is 0.174. The Balaban J connectivity index is 1.35. The van der Waals surface area contributed by atoms with Crippen LogP contribution in [-0.4, -0.2) is 33.7 Å². The summed E-state index contributed by atoms with van der Waals surface area (Å²) in [5, 5.41) is 12.7. The Labute approximate surface area is 193 Å². The fourth-order valence-electron chi connectivity index (χ4n) is 3.39. The van der Waals surface area contributed by atoms with Gasteiger partial charge in [0.05, 0.1) is 18.4 Å². The van der Waals surface area contributed by atoms with E-state index in [1.165, 1.54) is 0 Å². The SMILES string of the molecule is C=CCn1c(SCc2csc(-c3ccc4c(c3)OCO4)n2)nnc1-c1ccccc1OC. The number of aromatic nitrogens is 4. The molecule has 0 N–H and O–H groups in total. The smallest absolute Gasteiger partial charge is 0.231 e. The van der Waals surface area contributed by atoms with Crippen LogP contribution in [-0.2, 0) is 12.3 Å². The van der Waals surface area contributed by atoms with E-state index < -0.39 is 0 Å². The van der Waals surface area contributed by atoms with Crippen molar-refractivity contribution in [3.63, 3.8) is 0 Å². The topological polar surface area (TPSA) is 71.3 Å². The van der Waals surface area contributed by atoms with Gasteiger partial charge in [-0.3, -0.25) is 4.57 Å². The van der Waals surface area contributed by atoms with Gasteiger partial charge in [0.1, 0.15) is 10.8 Å². The van der Waals surface area contributed by atoms with E-state index in [4.69, 9.17) is 19.2 Å². The van der Waals surface area contributed by atoms with Crippen molar-refractivity contribution >= 4 is 23.1 Å². The highest BCUT2D eigenvalue weighted by atomic mass is 32.2. The molecule has 2 aromatic carbocycles. The maximum absolute atomic E-state index is 5.50. The van der Waals surface area contributed by atoms with E-state index in [1.807, 2.05) is 53.1 Å². The van der Waals surface area contributed by atoms with E-state index in [2.05, 4.69) is 22.2 Å². The van der Waals surface area contributed by atoms with Gasteiger partial charge in [0.25, 0.3) is 0 Å². The van der Waals surface area contributed by atoms with Gasteiger partial charge in [-0.15, -0.1) is 28.1 Å². The van der Waals surface area contributed by atoms with Crippen LogP contribution >= 0.6 is 23.1 Å². The average molecular weight is 465 g/mol. The van der Waals surface area contributed by atoms with Gasteiger partial charge in [-0.1, -0.05) is 30.0 Å². The third-order valence-corrected chi connectivity index (χ3v) is 6.84. The van der Waals surface area contributed by atoms with Crippen LogP contribution in [0.15, 0.2) is 65.7 Å². The zero-order valence-corrected chi connectivity index (χ0v) is 19.0. The zero-order valence-electron chi connectivity index (χ0n) is 17.4. The number of nitrogens with zero attached hydrogens (tertiary/aromatic N) is 4. The molecule has 1 aliphatic rings. The first-order valence-electron chi connectivity index (χ1n) is 9.91. The molecule has 1 aliphatic heterocycles. The molecule has 4 aromatic rings. The fraction of sp³-hybridized carbons (Fsp3) is 0.174. The second-order valence-corrected chi connectivity index (χ2v) is 8.71. The van der Waals surface area contributed by atoms with Crippen LogP contribution in [0.5, 0.6) is 17.2 Å². The molecule has 0 bridgehead atoms. The fourth-order valence-corrected chi connectivity index (χ4v) is 5.15. The van der Waals surface area contributed by atoms with E-state index >= 15 is 0 Å². The molecule has 3 heterocycles. The number of para-hydroxylation sites is 1. The molecule has 0 amide bonds. The predicted molar refractivity (Wildman–Crippen MR) is 125 cm³/mol. The largest absolute Gasteiger partial charge is 0.496 e. The van der Waals surface area contributed by atoms with E-state index in [9.17, 15) is 0 Å². The van der Waals surface area contributed by atoms with E-state index in [0.29, 0.717) is 12.3 Å². The third-order valence-electron chi connectivity index (χ3n) is 4.90. The summed E-state index contributed by atoms with van der Waals surface area (Å²) in [6.45, 7) is 4.75. The number of allylic oxidation sites excluding steroid dienone is 1. The maximum atomic E-state index is 5.50. The standard InChI is InChI=1S/C23H20N4O3S2/c1-3-10-27-21(17-6-4-5-7-18(17)28-2)25-26-23(27)32-13-16-12-31-22(24-16)15-8-9-19-20(11-15)30-14-29-19/h3-9,11-12H,1,10,13-14H2,2H3. The molecule has 0 saturated carbocycles. The lowest BCUT2D eigenvalue weighted by Gasteiger charge is -2.10. The number of fused-ring (bicyclic) bond motifs is 1. The van der Waals surface area contributed by atoms with Crippen molar-refractivity contribution in [2.24, 2.45) is 0 Å². The monoisotopic (exact) mass is 464 g/mol. The molecule has 5 rings (SSSR count). The van der Waals surface area contributed by atoms with Crippen molar-refractivity contribution < 1.29 is 14.2 Å². The van der Waals surface area contributed by atoms with Crippen LogP contribution < -0.4 is 14.2 Å². The molecule has 0 unspecified atom stereocenters. The first kappa shape index (κ1) is 20.6. The molecule has 0 spiro atoms. The number of hydrogen-bond acceptors (Lipinski definition) is 8. The second kappa shape index (κ2) is 9.05. The Morgan fingerprint density at radius 3 is 2.94 bits per heavy atom. The Hall–Kier alpha value is -3.30. The third kappa shape index (κ3) is 3.96. The summed E-state index contributed by atoms with van der Waals surface area (Å²) in [7, 11) is 1.66. The van der Waals surface area contributed by atoms with Gasteiger partial charge in [0.15, 0.2) is 22.5 Å². The highest BCUT2D eigenvalue weighted by Gasteiger charge is 2.18. The van der Waals surface area contributed by atoms with Gasteiger partial charge in [0, 0.05) is 23.2 Å². The molecule has 2 aromatic heterocycles. The minimum atomic E-state index is 0.265. The minimum absolute atomic E-state index is 0.265. The molecule has 0 atom stereocenters. The Morgan fingerprint density at radius 1 is 1.19 bits per heavy atom. The summed E-state index contributed by atoms with van der Waals surface area (Å²) < 4.78 is 18.4. The van der Waals surface area contributed by atoms with E-state index in [1.54, 1.807) is 30.2 Å². The molecule has 0 fully saturated rings. The molecule has 7 nitrogen and oxygen atoms in total. The van der Waals surface area contributed by atoms with Crippen LogP contribution in [0.2, 0.25) is 0 Å². The molecule has 0 saturated heterocycles. The van der Waals surface area contributed by atoms with Crippen molar-refractivity contribution in [3.05, 3.63) is 66.2 Å². The van der Waals surface area contributed by atoms with Crippen LogP contribution in [0.1, 0.15) is 5.69 Å². The van der Waals surface area contributed by atoms with Crippen LogP contribution in [0, 0.1) is 0 Å². The summed E-state index contributed by atoms with van der Waals surface area (Å²) in [5.41, 5.74) is 2.90. The highest BCUT2D eigenvalue weighted by molar-refractivity contribution is 7.98. The number of rotatable bonds is 8. The number of methoxy groups -OCH3 is 1. The van der Waals surface area contributed by atoms with E-state index in [0.717, 1.165) is 50.1 Å². The van der Waals surface area contributed by atoms with Crippen molar-refractivity contribution in [1.82, 2.24) is 19.7 Å². The van der Waals surface area contributed by atoms with Crippen LogP contribution in [0.4, 0.5) is 0 Å². The zero-order chi connectivity index (χ0) is 21.9. The molecule has 9 heteroatoms. The predicted octanol–water partition coefficient (Wildman–Crippen LogP) is 5.28. The molecular weight excluding hydrogens is 444 g/mol. The number of hydrogen-bond donors (Lipinski definition) is 0. The number of thioether (sulfide) groups is 1. The Bertz CT molecular complexity index is 1270. The quantitative estimate of drug-likeness (QED) is 0.259. The summed E-state index contributed by atoms with van der Waals surface area (Å²) >= 11 is 3.21. The average Bonchev–Trinajstić information content (AvgIpc) is 3.57. The van der Waals surface area contributed by atoms with Crippen molar-refractivity contribution in [2.45, 2.75) is 17.5 Å². The molecule has 162 valence electrons. The Morgan fingerprint density at radius 2 is 2.06 bits per heavy atom. The first-order chi connectivity index (χ1) is 15.8. The number of ether oxygens (including phenoxy) is 3.